The lowest BCUT2D eigenvalue weighted by atomic mass is 9.94. The third kappa shape index (κ3) is 4.66. The van der Waals surface area contributed by atoms with E-state index in [2.05, 4.69) is 5.32 Å². The number of urea groups is 1. The Bertz CT molecular complexity index is 327. The fraction of sp³-hybridized carbons (Fsp3) is 0.929. The average molecular weight is 272 g/mol. The predicted molar refractivity (Wildman–Crippen MR) is 75.1 cm³/mol. The molecule has 1 aliphatic rings. The van der Waals surface area contributed by atoms with Crippen LogP contribution in [-0.4, -0.2) is 53.0 Å². The fourth-order valence-electron chi connectivity index (χ4n) is 2.53. The Labute approximate surface area is 116 Å². The first-order valence-electron chi connectivity index (χ1n) is 6.93. The minimum atomic E-state index is -0.388. The van der Waals surface area contributed by atoms with E-state index in [9.17, 15) is 9.90 Å². The van der Waals surface area contributed by atoms with Gasteiger partial charge >= 0.3 is 6.03 Å². The van der Waals surface area contributed by atoms with Crippen LogP contribution in [-0.2, 0) is 4.74 Å². The summed E-state index contributed by atoms with van der Waals surface area (Å²) in [7, 11) is 1.74. The number of rotatable bonds is 4. The first kappa shape index (κ1) is 16.2. The van der Waals surface area contributed by atoms with Crippen molar-refractivity contribution in [3.63, 3.8) is 0 Å². The molecule has 2 unspecified atom stereocenters. The second kappa shape index (κ2) is 5.67. The van der Waals surface area contributed by atoms with Crippen LogP contribution in [0.4, 0.5) is 4.79 Å². The third-order valence-corrected chi connectivity index (χ3v) is 3.60. The second-order valence-electron chi connectivity index (χ2n) is 6.73. The highest BCUT2D eigenvalue weighted by Crippen LogP contribution is 2.37. The van der Waals surface area contributed by atoms with Crippen molar-refractivity contribution in [1.82, 2.24) is 10.2 Å². The molecule has 2 amide bonds. The van der Waals surface area contributed by atoms with Gasteiger partial charge in [-0.1, -0.05) is 0 Å². The molecular weight excluding hydrogens is 244 g/mol. The van der Waals surface area contributed by atoms with Crippen LogP contribution in [0, 0.1) is 0 Å². The molecular formula is C14H28N2O3. The first-order chi connectivity index (χ1) is 8.53. The number of carbonyl (C=O) groups excluding carboxylic acids is 1. The van der Waals surface area contributed by atoms with Gasteiger partial charge in [-0.15, -0.1) is 0 Å². The minimum Gasteiger partial charge on any atom is -0.393 e. The number of nitrogens with zero attached hydrogens (tertiary/aromatic N) is 1. The number of nitrogens with one attached hydrogen (secondary N) is 1. The van der Waals surface area contributed by atoms with Gasteiger partial charge in [0, 0.05) is 13.6 Å². The van der Waals surface area contributed by atoms with Gasteiger partial charge in [-0.25, -0.2) is 4.79 Å². The molecule has 0 radical (unpaired) electrons. The fourth-order valence-corrected chi connectivity index (χ4v) is 2.53. The Hall–Kier alpha value is -0.810. The molecule has 1 rings (SSSR count). The first-order valence-corrected chi connectivity index (χ1v) is 6.93. The van der Waals surface area contributed by atoms with Crippen LogP contribution in [0.3, 0.4) is 0 Å². The van der Waals surface area contributed by atoms with Crippen molar-refractivity contribution in [3.05, 3.63) is 0 Å². The molecule has 0 saturated carbocycles. The zero-order valence-electron chi connectivity index (χ0n) is 13.0. The molecule has 0 aromatic heterocycles. The summed E-state index contributed by atoms with van der Waals surface area (Å²) in [6, 6.07) is -0.107. The van der Waals surface area contributed by atoms with E-state index in [1.165, 1.54) is 0 Å². The Morgan fingerprint density at radius 1 is 1.47 bits per heavy atom. The van der Waals surface area contributed by atoms with Crippen molar-refractivity contribution < 1.29 is 14.6 Å². The lowest BCUT2D eigenvalue weighted by Gasteiger charge is -2.29. The zero-order chi connectivity index (χ0) is 14.8. The van der Waals surface area contributed by atoms with Gasteiger partial charge < -0.3 is 20.1 Å². The summed E-state index contributed by atoms with van der Waals surface area (Å²) in [6.07, 6.45) is 0.996. The van der Waals surface area contributed by atoms with Crippen LogP contribution in [0.5, 0.6) is 0 Å². The molecule has 0 aliphatic carbocycles. The van der Waals surface area contributed by atoms with Crippen LogP contribution >= 0.6 is 0 Å². The molecule has 1 fully saturated rings. The number of hydrogen-bond donors (Lipinski definition) is 2. The van der Waals surface area contributed by atoms with Gasteiger partial charge in [-0.2, -0.15) is 0 Å². The number of amides is 2. The average Bonchev–Trinajstić information content (AvgIpc) is 2.42. The van der Waals surface area contributed by atoms with E-state index in [-0.39, 0.29) is 29.4 Å². The van der Waals surface area contributed by atoms with E-state index < -0.39 is 0 Å². The molecule has 5 nitrogen and oxygen atoms in total. The van der Waals surface area contributed by atoms with Crippen LogP contribution in [0.25, 0.3) is 0 Å². The summed E-state index contributed by atoms with van der Waals surface area (Å²) >= 11 is 0. The van der Waals surface area contributed by atoms with Crippen molar-refractivity contribution in [2.45, 2.75) is 70.8 Å². The number of aliphatic hydroxyl groups excluding tert-OH is 1. The Morgan fingerprint density at radius 2 is 2.05 bits per heavy atom. The molecule has 0 spiro atoms. The number of ether oxygens (including phenoxy) is 1. The molecule has 1 saturated heterocycles. The van der Waals surface area contributed by atoms with Gasteiger partial charge in [-0.05, 0) is 47.5 Å². The maximum atomic E-state index is 12.1. The monoisotopic (exact) mass is 272 g/mol. The van der Waals surface area contributed by atoms with Crippen molar-refractivity contribution in [2.24, 2.45) is 0 Å². The molecule has 0 aromatic carbocycles. The van der Waals surface area contributed by atoms with Crippen LogP contribution in [0.15, 0.2) is 0 Å². The van der Waals surface area contributed by atoms with Gasteiger partial charge in [0.1, 0.15) is 0 Å². The third-order valence-electron chi connectivity index (χ3n) is 3.60. The molecule has 112 valence electrons. The second-order valence-corrected chi connectivity index (χ2v) is 6.73. The normalized spacial score (nSPS) is 25.9. The molecule has 0 bridgehead atoms. The highest BCUT2D eigenvalue weighted by atomic mass is 16.5. The summed E-state index contributed by atoms with van der Waals surface area (Å²) in [5.41, 5.74) is -0.566. The van der Waals surface area contributed by atoms with E-state index in [0.29, 0.717) is 13.0 Å². The maximum absolute atomic E-state index is 12.1. The molecule has 1 heterocycles. The van der Waals surface area contributed by atoms with Gasteiger partial charge in [-0.3, -0.25) is 0 Å². The lowest BCUT2D eigenvalue weighted by molar-refractivity contribution is -0.0692. The standard InChI is InChI=1S/C14H28N2O3/c1-10(17)7-8-16(6)12(18)15-11-9-13(2,3)19-14(11,4)5/h10-11,17H,7-9H2,1-6H3,(H,15,18). The molecule has 2 N–H and O–H groups in total. The number of hydrogen-bond acceptors (Lipinski definition) is 3. The summed E-state index contributed by atoms with van der Waals surface area (Å²) in [5, 5.41) is 12.3. The van der Waals surface area contributed by atoms with Gasteiger partial charge in [0.15, 0.2) is 0 Å². The summed E-state index contributed by atoms with van der Waals surface area (Å²) in [4.78, 5) is 13.7. The van der Waals surface area contributed by atoms with Crippen LogP contribution < -0.4 is 5.32 Å². The lowest BCUT2D eigenvalue weighted by Crippen LogP contribution is -2.50. The van der Waals surface area contributed by atoms with E-state index in [4.69, 9.17) is 4.74 Å². The van der Waals surface area contributed by atoms with Crippen LogP contribution in [0.1, 0.15) is 47.5 Å². The van der Waals surface area contributed by atoms with E-state index in [0.717, 1.165) is 6.42 Å². The topological polar surface area (TPSA) is 61.8 Å². The summed E-state index contributed by atoms with van der Waals surface area (Å²) in [5.74, 6) is 0. The quantitative estimate of drug-likeness (QED) is 0.819. The Balaban J connectivity index is 2.52. The smallest absolute Gasteiger partial charge is 0.317 e. The molecule has 2 atom stereocenters. The van der Waals surface area contributed by atoms with Crippen molar-refractivity contribution in [2.75, 3.05) is 13.6 Å². The molecule has 0 aromatic rings. The largest absolute Gasteiger partial charge is 0.393 e. The maximum Gasteiger partial charge on any atom is 0.317 e. The zero-order valence-corrected chi connectivity index (χ0v) is 13.0. The summed E-state index contributed by atoms with van der Waals surface area (Å²) < 4.78 is 5.95. The van der Waals surface area contributed by atoms with E-state index >= 15 is 0 Å². The highest BCUT2D eigenvalue weighted by molar-refractivity contribution is 5.74. The van der Waals surface area contributed by atoms with E-state index in [1.807, 2.05) is 27.7 Å². The van der Waals surface area contributed by atoms with Gasteiger partial charge in [0.05, 0.1) is 23.3 Å². The Kier molecular flexibility index (Phi) is 4.85. The van der Waals surface area contributed by atoms with Gasteiger partial charge in [0.2, 0.25) is 0 Å². The highest BCUT2D eigenvalue weighted by Gasteiger charge is 2.46. The number of carbonyl (C=O) groups is 1. The SMILES string of the molecule is CC(O)CCN(C)C(=O)NC1CC(C)(C)OC1(C)C. The molecule has 5 heteroatoms. The van der Waals surface area contributed by atoms with Crippen molar-refractivity contribution >= 4 is 6.03 Å². The predicted octanol–water partition coefficient (Wildman–Crippen LogP) is 1.74. The summed E-state index contributed by atoms with van der Waals surface area (Å²) in [6.45, 7) is 10.4. The van der Waals surface area contributed by atoms with Gasteiger partial charge in [0.25, 0.3) is 0 Å². The Morgan fingerprint density at radius 3 is 2.47 bits per heavy atom. The molecule has 19 heavy (non-hydrogen) atoms. The van der Waals surface area contributed by atoms with Crippen molar-refractivity contribution in [1.29, 1.82) is 0 Å². The van der Waals surface area contributed by atoms with Crippen molar-refractivity contribution in [3.8, 4) is 0 Å². The van der Waals surface area contributed by atoms with Crippen LogP contribution in [0.2, 0.25) is 0 Å². The minimum absolute atomic E-state index is 0.00370. The van der Waals surface area contributed by atoms with E-state index in [1.54, 1.807) is 18.9 Å². The molecule has 1 aliphatic heterocycles. The number of aliphatic hydroxyl groups is 1.